The third-order valence-corrected chi connectivity index (χ3v) is 8.19. The highest BCUT2D eigenvalue weighted by Crippen LogP contribution is 2.57. The number of rotatable bonds is 1. The van der Waals surface area contributed by atoms with Gasteiger partial charge in [0, 0.05) is 11.8 Å². The molecule has 1 fully saturated rings. The van der Waals surface area contributed by atoms with Crippen LogP contribution in [0.2, 0.25) is 0 Å². The molecule has 2 heterocycles. The van der Waals surface area contributed by atoms with Crippen molar-refractivity contribution in [1.82, 2.24) is 0 Å². The predicted molar refractivity (Wildman–Crippen MR) is 89.8 cm³/mol. The van der Waals surface area contributed by atoms with Crippen molar-refractivity contribution < 1.29 is 9.53 Å². The molecule has 2 nitrogen and oxygen atoms in total. The summed E-state index contributed by atoms with van der Waals surface area (Å²) in [5.74, 6) is 1.42. The van der Waals surface area contributed by atoms with Crippen LogP contribution in [-0.2, 0) is 11.2 Å². The first-order valence-electron chi connectivity index (χ1n) is 7.34. The first kappa shape index (κ1) is 16.1. The molecule has 2 aliphatic heterocycles. The first-order chi connectivity index (χ1) is 10.0. The number of aryl methyl sites for hydroxylation is 1. The van der Waals surface area contributed by atoms with Gasteiger partial charge in [-0.05, 0) is 47.7 Å². The molecular formula is C18H23O2P. The Morgan fingerprint density at radius 1 is 1.29 bits per heavy atom. The largest absolute Gasteiger partial charge is 0.497 e. The number of methoxy groups -OCH3 is 1. The summed E-state index contributed by atoms with van der Waals surface area (Å²) in [5.41, 5.74) is 1.90. The molecule has 1 unspecified atom stereocenters. The monoisotopic (exact) mass is 302 g/mol. The maximum atomic E-state index is 12.2. The molecule has 112 valence electrons. The van der Waals surface area contributed by atoms with Gasteiger partial charge in [-0.1, -0.05) is 27.8 Å². The summed E-state index contributed by atoms with van der Waals surface area (Å²) in [6.45, 7) is 4.30. The molecule has 1 saturated heterocycles. The van der Waals surface area contributed by atoms with E-state index in [-0.39, 0.29) is 13.3 Å². The summed E-state index contributed by atoms with van der Waals surface area (Å²) in [5, 5.41) is 1.49. The van der Waals surface area contributed by atoms with E-state index in [0.29, 0.717) is 11.4 Å². The molecule has 0 aromatic heterocycles. The highest BCUT2D eigenvalue weighted by molar-refractivity contribution is 7.66. The van der Waals surface area contributed by atoms with Crippen LogP contribution in [-0.4, -0.2) is 24.7 Å². The summed E-state index contributed by atoms with van der Waals surface area (Å²) in [4.78, 5) is 12.2. The third kappa shape index (κ3) is 2.72. The number of terminal acetylenes is 1. The van der Waals surface area contributed by atoms with Crippen LogP contribution in [0.15, 0.2) is 18.2 Å². The average Bonchev–Trinajstić information content (AvgIpc) is 2.52. The lowest BCUT2D eigenvalue weighted by Crippen LogP contribution is -2.45. The molecule has 0 aliphatic carbocycles. The molecule has 0 N–H and O–H groups in total. The van der Waals surface area contributed by atoms with Gasteiger partial charge in [-0.25, -0.2) is 0 Å². The molecule has 2 atom stereocenters. The highest BCUT2D eigenvalue weighted by Gasteiger charge is 2.46. The number of ketones is 1. The van der Waals surface area contributed by atoms with Crippen LogP contribution in [0.25, 0.3) is 0 Å². The van der Waals surface area contributed by atoms with E-state index in [1.807, 2.05) is 0 Å². The fraction of sp³-hybridized carbons (Fsp3) is 0.500. The van der Waals surface area contributed by atoms with E-state index in [4.69, 9.17) is 4.74 Å². The Hall–Kier alpha value is -1.32. The Labute approximate surface area is 129 Å². The lowest BCUT2D eigenvalue weighted by molar-refractivity contribution is -0.127. The van der Waals surface area contributed by atoms with Gasteiger partial charge in [0.05, 0.1) is 7.11 Å². The number of carbonyl (C=O) groups is 1. The lowest BCUT2D eigenvalue weighted by atomic mass is 9.80. The van der Waals surface area contributed by atoms with Gasteiger partial charge < -0.3 is 4.74 Å². The number of Topliss-reactive ketones (excluding diaryl/α,β-unsaturated/α-hetero) is 1. The van der Waals surface area contributed by atoms with Crippen LogP contribution in [0, 0.1) is 18.3 Å². The van der Waals surface area contributed by atoms with E-state index in [9.17, 15) is 4.79 Å². The van der Waals surface area contributed by atoms with Gasteiger partial charge >= 0.3 is 0 Å². The van der Waals surface area contributed by atoms with Gasteiger partial charge in [-0.3, -0.25) is 4.79 Å². The highest BCUT2D eigenvalue weighted by atomic mass is 31.1. The number of benzene rings is 1. The van der Waals surface area contributed by atoms with E-state index in [2.05, 4.69) is 44.9 Å². The van der Waals surface area contributed by atoms with Gasteiger partial charge in [0.25, 0.3) is 0 Å². The topological polar surface area (TPSA) is 26.3 Å². The Morgan fingerprint density at radius 3 is 2.67 bits per heavy atom. The van der Waals surface area contributed by atoms with Gasteiger partial charge in [0.15, 0.2) is 0 Å². The van der Waals surface area contributed by atoms with Gasteiger partial charge in [0.2, 0.25) is 0 Å². The molecule has 1 aromatic rings. The molecule has 0 radical (unpaired) electrons. The normalized spacial score (nSPS) is 25.9. The summed E-state index contributed by atoms with van der Waals surface area (Å²) in [7, 11) is 1.53. The molecular weight excluding hydrogens is 279 g/mol. The summed E-state index contributed by atoms with van der Waals surface area (Å²) < 4.78 is 5.38. The minimum atomic E-state index is -0.199. The SMILES string of the molecule is C#C.COc1ccc2c(c1)P1CCC(=O)C(C)(C)[C@H]1CC2. The Kier molecular flexibility index (Phi) is 4.74. The second-order valence-electron chi connectivity index (χ2n) is 6.14. The molecule has 2 aliphatic rings. The van der Waals surface area contributed by atoms with Crippen LogP contribution in [0.1, 0.15) is 32.3 Å². The van der Waals surface area contributed by atoms with Crippen molar-refractivity contribution in [3.63, 3.8) is 0 Å². The summed E-state index contributed by atoms with van der Waals surface area (Å²) >= 11 is 0. The smallest absolute Gasteiger partial charge is 0.139 e. The average molecular weight is 302 g/mol. The fourth-order valence-corrected chi connectivity index (χ4v) is 7.07. The first-order valence-corrected chi connectivity index (χ1v) is 8.94. The van der Waals surface area contributed by atoms with Gasteiger partial charge in [0.1, 0.15) is 11.5 Å². The Morgan fingerprint density at radius 2 is 2.00 bits per heavy atom. The number of carbonyl (C=O) groups excluding carboxylic acids is 1. The molecule has 0 amide bonds. The van der Waals surface area contributed by atoms with E-state index in [0.717, 1.165) is 24.8 Å². The van der Waals surface area contributed by atoms with E-state index in [1.165, 1.54) is 17.3 Å². The Bertz CT molecular complexity index is 560. The third-order valence-electron chi connectivity index (χ3n) is 4.80. The van der Waals surface area contributed by atoms with E-state index >= 15 is 0 Å². The number of hydrogen-bond donors (Lipinski definition) is 0. The van der Waals surface area contributed by atoms with Gasteiger partial charge in [-0.2, -0.15) is 0 Å². The minimum absolute atomic E-state index is 0.134. The summed E-state index contributed by atoms with van der Waals surface area (Å²) in [6.07, 6.45) is 12.1. The van der Waals surface area contributed by atoms with Crippen molar-refractivity contribution >= 4 is 19.0 Å². The second-order valence-corrected chi connectivity index (χ2v) is 8.63. The Balaban J connectivity index is 0.000000774. The van der Waals surface area contributed by atoms with E-state index < -0.39 is 0 Å². The fourth-order valence-electron chi connectivity index (χ4n) is 3.52. The van der Waals surface area contributed by atoms with Crippen molar-refractivity contribution in [2.45, 2.75) is 38.8 Å². The number of fused-ring (bicyclic) bond motifs is 3. The van der Waals surface area contributed by atoms with Crippen LogP contribution in [0.3, 0.4) is 0 Å². The van der Waals surface area contributed by atoms with Crippen molar-refractivity contribution in [1.29, 1.82) is 0 Å². The quantitative estimate of drug-likeness (QED) is 0.587. The number of hydrogen-bond acceptors (Lipinski definition) is 2. The van der Waals surface area contributed by atoms with Crippen LogP contribution in [0.5, 0.6) is 5.75 Å². The zero-order valence-electron chi connectivity index (χ0n) is 13.1. The lowest BCUT2D eigenvalue weighted by Gasteiger charge is -2.46. The second kappa shape index (κ2) is 6.20. The van der Waals surface area contributed by atoms with Gasteiger partial charge in [-0.15, -0.1) is 12.8 Å². The molecule has 0 bridgehead atoms. The molecule has 3 heteroatoms. The van der Waals surface area contributed by atoms with Crippen LogP contribution in [0.4, 0.5) is 0 Å². The van der Waals surface area contributed by atoms with Crippen molar-refractivity contribution in [2.24, 2.45) is 5.41 Å². The molecule has 0 saturated carbocycles. The zero-order valence-corrected chi connectivity index (χ0v) is 14.0. The zero-order chi connectivity index (χ0) is 15.6. The van der Waals surface area contributed by atoms with Crippen molar-refractivity contribution in [3.05, 3.63) is 23.8 Å². The maximum Gasteiger partial charge on any atom is 0.139 e. The summed E-state index contributed by atoms with van der Waals surface area (Å²) in [6, 6.07) is 6.50. The molecule has 3 rings (SSSR count). The van der Waals surface area contributed by atoms with Crippen molar-refractivity contribution in [3.8, 4) is 18.6 Å². The minimum Gasteiger partial charge on any atom is -0.497 e. The number of ether oxygens (including phenoxy) is 1. The predicted octanol–water partition coefficient (Wildman–Crippen LogP) is 3.37. The molecule has 0 spiro atoms. The molecule has 1 aromatic carbocycles. The maximum absolute atomic E-state index is 12.2. The standard InChI is InChI=1S/C16H21O2P.C2H2/c1-16(2)14(17)8-9-19-13-10-12(18-3)6-4-11(13)5-7-15(16)19;1-2/h4,6,10,15H,5,7-9H2,1-3H3;1-2H/t15-,19?;/m1./s1. The molecule has 21 heavy (non-hydrogen) atoms. The van der Waals surface area contributed by atoms with Crippen molar-refractivity contribution in [2.75, 3.05) is 13.3 Å². The van der Waals surface area contributed by atoms with Crippen LogP contribution < -0.4 is 10.0 Å². The van der Waals surface area contributed by atoms with Crippen LogP contribution >= 0.6 is 7.92 Å². The van der Waals surface area contributed by atoms with E-state index in [1.54, 1.807) is 7.11 Å².